The Kier molecular flexibility index (Phi) is 5.57. The van der Waals surface area contributed by atoms with Crippen molar-refractivity contribution in [1.82, 2.24) is 14.9 Å². The maximum Gasteiger partial charge on any atom is 0.273 e. The molecule has 0 bridgehead atoms. The van der Waals surface area contributed by atoms with Crippen molar-refractivity contribution in [2.45, 2.75) is 13.0 Å². The molecule has 0 saturated heterocycles. The van der Waals surface area contributed by atoms with Gasteiger partial charge >= 0.3 is 0 Å². The fourth-order valence-electron chi connectivity index (χ4n) is 4.19. The number of amides is 1. The topological polar surface area (TPSA) is 64.6 Å². The van der Waals surface area contributed by atoms with Crippen LogP contribution in [0.1, 0.15) is 21.6 Å². The van der Waals surface area contributed by atoms with Crippen molar-refractivity contribution in [2.24, 2.45) is 0 Å². The van der Waals surface area contributed by atoms with E-state index >= 15 is 0 Å². The second kappa shape index (κ2) is 8.70. The van der Waals surface area contributed by atoms with Gasteiger partial charge < -0.3 is 14.4 Å². The first-order chi connectivity index (χ1) is 16.5. The van der Waals surface area contributed by atoms with E-state index in [1.165, 1.54) is 38.5 Å². The molecule has 2 heterocycles. The Morgan fingerprint density at radius 2 is 1.59 bits per heavy atom. The zero-order valence-electron chi connectivity index (χ0n) is 18.6. The molecule has 0 radical (unpaired) electrons. The minimum atomic E-state index is -0.379. The van der Waals surface area contributed by atoms with Crippen LogP contribution in [0.25, 0.3) is 22.3 Å². The Morgan fingerprint density at radius 1 is 0.882 bits per heavy atom. The Morgan fingerprint density at radius 3 is 2.32 bits per heavy atom. The van der Waals surface area contributed by atoms with Crippen molar-refractivity contribution in [3.8, 4) is 22.9 Å². The molecule has 1 aliphatic rings. The maximum atomic E-state index is 13.7. The minimum Gasteiger partial charge on any atom is -0.493 e. The summed E-state index contributed by atoms with van der Waals surface area (Å²) in [4.78, 5) is 24.6. The van der Waals surface area contributed by atoms with Gasteiger partial charge in [-0.15, -0.1) is 0 Å². The average molecular weight is 461 g/mol. The predicted octanol–water partition coefficient (Wildman–Crippen LogP) is 4.79. The van der Waals surface area contributed by atoms with Gasteiger partial charge in [-0.1, -0.05) is 6.07 Å². The van der Waals surface area contributed by atoms with Gasteiger partial charge in [-0.05, 0) is 60.0 Å². The number of hydrogen-bond acceptors (Lipinski definition) is 5. The zero-order chi connectivity index (χ0) is 23.8. The molecule has 0 unspecified atom stereocenters. The number of methoxy groups -OCH3 is 2. The van der Waals surface area contributed by atoms with Gasteiger partial charge in [0.15, 0.2) is 17.3 Å². The van der Waals surface area contributed by atoms with Gasteiger partial charge in [0, 0.05) is 30.1 Å². The molecule has 1 aromatic heterocycles. The van der Waals surface area contributed by atoms with E-state index in [0.717, 1.165) is 11.1 Å². The summed E-state index contributed by atoms with van der Waals surface area (Å²) in [5, 5.41) is 0.512. The van der Waals surface area contributed by atoms with Crippen LogP contribution in [0.5, 0.6) is 11.5 Å². The normalized spacial score (nSPS) is 13.0. The molecular weight excluding hydrogens is 440 g/mol. The fraction of sp³-hybridized carbons (Fsp3) is 0.192. The second-order valence-corrected chi connectivity index (χ2v) is 8.02. The standard InChI is InChI=1S/C26H21F2N3O3/c1-33-22-12-20-21(13-23(22)34-2)29-25(15-3-6-18(27)7-4-15)30-24(20)26(32)31-10-9-16-11-19(28)8-5-17(16)14-31/h3-8,11-13H,9-10,14H2,1-2H3. The van der Waals surface area contributed by atoms with Gasteiger partial charge in [0.2, 0.25) is 0 Å². The maximum absolute atomic E-state index is 13.7. The number of aromatic nitrogens is 2. The summed E-state index contributed by atoms with van der Waals surface area (Å²) in [5.74, 6) is 0.259. The minimum absolute atomic E-state index is 0.204. The summed E-state index contributed by atoms with van der Waals surface area (Å²) in [7, 11) is 3.03. The lowest BCUT2D eigenvalue weighted by atomic mass is 9.99. The number of carbonyl (C=O) groups excluding carboxylic acids is 1. The van der Waals surface area contributed by atoms with E-state index < -0.39 is 0 Å². The van der Waals surface area contributed by atoms with Crippen LogP contribution in [-0.2, 0) is 13.0 Å². The lowest BCUT2D eigenvalue weighted by Gasteiger charge is -2.29. The van der Waals surface area contributed by atoms with E-state index in [1.54, 1.807) is 35.2 Å². The molecular formula is C26H21F2N3O3. The van der Waals surface area contributed by atoms with E-state index in [-0.39, 0.29) is 23.2 Å². The van der Waals surface area contributed by atoms with Crippen LogP contribution < -0.4 is 9.47 Å². The quantitative estimate of drug-likeness (QED) is 0.437. The summed E-state index contributed by atoms with van der Waals surface area (Å²) < 4.78 is 37.9. The molecule has 4 aromatic rings. The Hall–Kier alpha value is -4.07. The SMILES string of the molecule is COc1cc2nc(-c3ccc(F)cc3)nc(C(=O)N3CCc4cc(F)ccc4C3)c2cc1OC. The molecule has 3 aromatic carbocycles. The van der Waals surface area contributed by atoms with Crippen molar-refractivity contribution in [1.29, 1.82) is 0 Å². The number of ether oxygens (including phenoxy) is 2. The number of carbonyl (C=O) groups is 1. The highest BCUT2D eigenvalue weighted by atomic mass is 19.1. The van der Waals surface area contributed by atoms with Gasteiger partial charge in [0.05, 0.1) is 19.7 Å². The van der Waals surface area contributed by atoms with Gasteiger partial charge in [-0.3, -0.25) is 4.79 Å². The third-order valence-corrected chi connectivity index (χ3v) is 5.97. The number of benzene rings is 3. The molecule has 1 amide bonds. The van der Waals surface area contributed by atoms with Crippen LogP contribution in [0, 0.1) is 11.6 Å². The molecule has 0 aliphatic carbocycles. The van der Waals surface area contributed by atoms with Gasteiger partial charge in [-0.25, -0.2) is 18.7 Å². The van der Waals surface area contributed by atoms with Gasteiger partial charge in [0.1, 0.15) is 17.3 Å². The summed E-state index contributed by atoms with van der Waals surface area (Å²) in [6.45, 7) is 0.777. The van der Waals surface area contributed by atoms with Crippen LogP contribution in [0.15, 0.2) is 54.6 Å². The van der Waals surface area contributed by atoms with Gasteiger partial charge in [0.25, 0.3) is 5.91 Å². The Balaban J connectivity index is 1.63. The smallest absolute Gasteiger partial charge is 0.273 e. The first kappa shape index (κ1) is 21.8. The highest BCUT2D eigenvalue weighted by Gasteiger charge is 2.26. The van der Waals surface area contributed by atoms with Crippen LogP contribution in [0.4, 0.5) is 8.78 Å². The van der Waals surface area contributed by atoms with E-state index in [9.17, 15) is 13.6 Å². The van der Waals surface area contributed by atoms with Crippen molar-refractivity contribution < 1.29 is 23.0 Å². The summed E-state index contributed by atoms with van der Waals surface area (Å²) in [5.41, 5.74) is 3.07. The molecule has 0 atom stereocenters. The molecule has 172 valence electrons. The summed E-state index contributed by atoms with van der Waals surface area (Å²) in [6.07, 6.45) is 0.545. The van der Waals surface area contributed by atoms with Crippen LogP contribution >= 0.6 is 0 Å². The van der Waals surface area contributed by atoms with E-state index in [2.05, 4.69) is 9.97 Å². The fourth-order valence-corrected chi connectivity index (χ4v) is 4.19. The largest absolute Gasteiger partial charge is 0.493 e. The second-order valence-electron chi connectivity index (χ2n) is 8.02. The average Bonchev–Trinajstić information content (AvgIpc) is 2.86. The molecule has 6 nitrogen and oxygen atoms in total. The lowest BCUT2D eigenvalue weighted by Crippen LogP contribution is -2.36. The lowest BCUT2D eigenvalue weighted by molar-refractivity contribution is 0.0731. The first-order valence-electron chi connectivity index (χ1n) is 10.7. The molecule has 0 spiro atoms. The Bertz CT molecular complexity index is 1410. The highest BCUT2D eigenvalue weighted by Crippen LogP contribution is 2.34. The van der Waals surface area contributed by atoms with Gasteiger partial charge in [-0.2, -0.15) is 0 Å². The molecule has 0 N–H and O–H groups in total. The summed E-state index contributed by atoms with van der Waals surface area (Å²) in [6, 6.07) is 13.8. The monoisotopic (exact) mass is 461 g/mol. The van der Waals surface area contributed by atoms with Crippen molar-refractivity contribution >= 4 is 16.8 Å². The van der Waals surface area contributed by atoms with Crippen molar-refractivity contribution in [3.05, 3.63) is 83.1 Å². The molecule has 8 heteroatoms. The first-order valence-corrected chi connectivity index (χ1v) is 10.7. The molecule has 5 rings (SSSR count). The number of halogens is 2. The zero-order valence-corrected chi connectivity index (χ0v) is 18.6. The highest BCUT2D eigenvalue weighted by molar-refractivity contribution is 6.05. The number of fused-ring (bicyclic) bond motifs is 2. The van der Waals surface area contributed by atoms with Crippen molar-refractivity contribution in [3.63, 3.8) is 0 Å². The Labute approximate surface area is 194 Å². The number of nitrogens with zero attached hydrogens (tertiary/aromatic N) is 3. The molecule has 0 fully saturated rings. The number of rotatable bonds is 4. The molecule has 0 saturated carbocycles. The van der Waals surface area contributed by atoms with Crippen molar-refractivity contribution in [2.75, 3.05) is 20.8 Å². The predicted molar refractivity (Wildman–Crippen MR) is 123 cm³/mol. The molecule has 1 aliphatic heterocycles. The third-order valence-electron chi connectivity index (χ3n) is 5.97. The van der Waals surface area contributed by atoms with Crippen LogP contribution in [0.3, 0.4) is 0 Å². The number of hydrogen-bond donors (Lipinski definition) is 0. The van der Waals surface area contributed by atoms with E-state index in [0.29, 0.717) is 53.3 Å². The van der Waals surface area contributed by atoms with Crippen LogP contribution in [-0.4, -0.2) is 41.5 Å². The van der Waals surface area contributed by atoms with Crippen LogP contribution in [0.2, 0.25) is 0 Å². The van der Waals surface area contributed by atoms with E-state index in [4.69, 9.17) is 9.47 Å². The summed E-state index contributed by atoms with van der Waals surface area (Å²) >= 11 is 0. The molecule has 34 heavy (non-hydrogen) atoms. The van der Waals surface area contributed by atoms with E-state index in [1.807, 2.05) is 0 Å². The third kappa shape index (κ3) is 3.91.